The van der Waals surface area contributed by atoms with Crippen LogP contribution in [0, 0.1) is 10.1 Å². The monoisotopic (exact) mass is 459 g/mol. The fourth-order valence-electron chi connectivity index (χ4n) is 2.22. The highest BCUT2D eigenvalue weighted by Gasteiger charge is 2.30. The number of amides is 2. The molecule has 0 radical (unpaired) electrons. The molecule has 164 valence electrons. The van der Waals surface area contributed by atoms with Crippen molar-refractivity contribution in [1.29, 1.82) is 0 Å². The minimum absolute atomic E-state index is 0.133. The average Bonchev–Trinajstić information content (AvgIpc) is 2.70. The first kappa shape index (κ1) is 23.6. The molecular formula is C18H13ClF3N3O6. The van der Waals surface area contributed by atoms with Crippen LogP contribution >= 0.6 is 11.6 Å². The lowest BCUT2D eigenvalue weighted by Gasteiger charge is -2.10. The van der Waals surface area contributed by atoms with Gasteiger partial charge < -0.3 is 15.4 Å². The Labute approximate surface area is 177 Å². The van der Waals surface area contributed by atoms with Gasteiger partial charge in [-0.05, 0) is 30.3 Å². The largest absolute Gasteiger partial charge is 0.454 e. The molecule has 2 amide bonds. The minimum atomic E-state index is -4.59. The van der Waals surface area contributed by atoms with Crippen molar-refractivity contribution in [2.45, 2.75) is 6.18 Å². The van der Waals surface area contributed by atoms with Crippen LogP contribution in [0.15, 0.2) is 42.5 Å². The van der Waals surface area contributed by atoms with Crippen LogP contribution in [0.5, 0.6) is 0 Å². The molecular weight excluding hydrogens is 447 g/mol. The SMILES string of the molecule is O=C(COC(=O)CNC(=O)c1ccc(Cl)c([N+](=O)[O-])c1)Nc1cccc(C(F)(F)F)c1. The Balaban J connectivity index is 1.83. The van der Waals surface area contributed by atoms with E-state index < -0.39 is 53.3 Å². The summed E-state index contributed by atoms with van der Waals surface area (Å²) in [5.74, 6) is -2.74. The summed E-state index contributed by atoms with van der Waals surface area (Å²) in [4.78, 5) is 45.4. The van der Waals surface area contributed by atoms with Crippen molar-refractivity contribution in [3.8, 4) is 0 Å². The Morgan fingerprint density at radius 1 is 1.13 bits per heavy atom. The van der Waals surface area contributed by atoms with E-state index in [0.29, 0.717) is 6.07 Å². The number of nitro groups is 1. The lowest BCUT2D eigenvalue weighted by molar-refractivity contribution is -0.384. The van der Waals surface area contributed by atoms with Gasteiger partial charge in [0.2, 0.25) is 0 Å². The first-order valence-electron chi connectivity index (χ1n) is 8.32. The lowest BCUT2D eigenvalue weighted by Crippen LogP contribution is -2.32. The molecule has 0 aliphatic heterocycles. The number of halogens is 4. The number of esters is 1. The zero-order chi connectivity index (χ0) is 23.2. The fraction of sp³-hybridized carbons (Fsp3) is 0.167. The number of carbonyl (C=O) groups excluding carboxylic acids is 3. The van der Waals surface area contributed by atoms with Gasteiger partial charge in [-0.25, -0.2) is 0 Å². The number of hydrogen-bond acceptors (Lipinski definition) is 6. The number of anilines is 1. The molecule has 2 aromatic rings. The highest BCUT2D eigenvalue weighted by molar-refractivity contribution is 6.32. The minimum Gasteiger partial charge on any atom is -0.454 e. The Morgan fingerprint density at radius 2 is 1.84 bits per heavy atom. The molecule has 31 heavy (non-hydrogen) atoms. The molecule has 0 aliphatic rings. The maximum absolute atomic E-state index is 12.7. The van der Waals surface area contributed by atoms with Crippen molar-refractivity contribution in [2.24, 2.45) is 0 Å². The molecule has 9 nitrogen and oxygen atoms in total. The predicted molar refractivity (Wildman–Crippen MR) is 101 cm³/mol. The predicted octanol–water partition coefficient (Wildman–Crippen LogP) is 3.18. The molecule has 0 unspecified atom stereocenters. The quantitative estimate of drug-likeness (QED) is 0.372. The van der Waals surface area contributed by atoms with Gasteiger partial charge in [-0.3, -0.25) is 24.5 Å². The summed E-state index contributed by atoms with van der Waals surface area (Å²) in [6, 6.07) is 7.13. The summed E-state index contributed by atoms with van der Waals surface area (Å²) in [7, 11) is 0. The molecule has 0 spiro atoms. The highest BCUT2D eigenvalue weighted by Crippen LogP contribution is 2.30. The van der Waals surface area contributed by atoms with Crippen molar-refractivity contribution < 1.29 is 37.2 Å². The second-order valence-corrected chi connectivity index (χ2v) is 6.30. The number of hydrogen-bond donors (Lipinski definition) is 2. The van der Waals surface area contributed by atoms with Gasteiger partial charge in [0, 0.05) is 17.3 Å². The van der Waals surface area contributed by atoms with Crippen LogP contribution in [-0.4, -0.2) is 35.9 Å². The number of nitrogens with one attached hydrogen (secondary N) is 2. The lowest BCUT2D eigenvalue weighted by atomic mass is 10.2. The van der Waals surface area contributed by atoms with Crippen molar-refractivity contribution in [3.05, 3.63) is 68.7 Å². The van der Waals surface area contributed by atoms with Gasteiger partial charge >= 0.3 is 12.1 Å². The number of nitro benzene ring substituents is 1. The van der Waals surface area contributed by atoms with Crippen LogP contribution in [0.3, 0.4) is 0 Å². The van der Waals surface area contributed by atoms with Gasteiger partial charge in [-0.15, -0.1) is 0 Å². The zero-order valence-electron chi connectivity index (χ0n) is 15.4. The summed E-state index contributed by atoms with van der Waals surface area (Å²) in [5, 5.41) is 14.9. The van der Waals surface area contributed by atoms with E-state index in [4.69, 9.17) is 11.6 Å². The van der Waals surface area contributed by atoms with Gasteiger partial charge in [0.1, 0.15) is 11.6 Å². The number of rotatable bonds is 7. The third-order valence-corrected chi connectivity index (χ3v) is 3.96. The first-order valence-corrected chi connectivity index (χ1v) is 8.70. The summed E-state index contributed by atoms with van der Waals surface area (Å²) < 4.78 is 42.6. The maximum Gasteiger partial charge on any atom is 0.416 e. The molecule has 0 saturated heterocycles. The van der Waals surface area contributed by atoms with Crippen LogP contribution in [0.25, 0.3) is 0 Å². The van der Waals surface area contributed by atoms with Gasteiger partial charge in [0.25, 0.3) is 17.5 Å². The van der Waals surface area contributed by atoms with E-state index in [2.05, 4.69) is 15.4 Å². The summed E-state index contributed by atoms with van der Waals surface area (Å²) in [6.45, 7) is -1.47. The second kappa shape index (κ2) is 9.89. The van der Waals surface area contributed by atoms with Gasteiger partial charge in [0.15, 0.2) is 6.61 Å². The third-order valence-electron chi connectivity index (χ3n) is 3.64. The normalized spacial score (nSPS) is 10.8. The van der Waals surface area contributed by atoms with Crippen molar-refractivity contribution in [1.82, 2.24) is 5.32 Å². The summed E-state index contributed by atoms with van der Waals surface area (Å²) in [6.07, 6.45) is -4.59. The number of alkyl halides is 3. The molecule has 0 aliphatic carbocycles. The molecule has 13 heteroatoms. The number of nitrogens with zero attached hydrogens (tertiary/aromatic N) is 1. The van der Waals surface area contributed by atoms with E-state index in [9.17, 15) is 37.7 Å². The van der Waals surface area contributed by atoms with Gasteiger partial charge in [-0.2, -0.15) is 13.2 Å². The van der Waals surface area contributed by atoms with Crippen LogP contribution < -0.4 is 10.6 Å². The summed E-state index contributed by atoms with van der Waals surface area (Å²) >= 11 is 5.64. The van der Waals surface area contributed by atoms with E-state index in [1.165, 1.54) is 12.1 Å². The van der Waals surface area contributed by atoms with Crippen LogP contribution in [0.1, 0.15) is 15.9 Å². The number of carbonyl (C=O) groups is 3. The van der Waals surface area contributed by atoms with E-state index in [1.54, 1.807) is 0 Å². The smallest absolute Gasteiger partial charge is 0.416 e. The Morgan fingerprint density at radius 3 is 2.48 bits per heavy atom. The average molecular weight is 460 g/mol. The number of ether oxygens (including phenoxy) is 1. The topological polar surface area (TPSA) is 128 Å². The van der Waals surface area contributed by atoms with Crippen LogP contribution in [-0.2, 0) is 20.5 Å². The van der Waals surface area contributed by atoms with E-state index in [1.807, 2.05) is 0 Å². The van der Waals surface area contributed by atoms with E-state index in [-0.39, 0.29) is 16.3 Å². The fourth-order valence-corrected chi connectivity index (χ4v) is 2.40. The molecule has 0 atom stereocenters. The van der Waals surface area contributed by atoms with Crippen LogP contribution in [0.4, 0.5) is 24.5 Å². The molecule has 0 saturated carbocycles. The molecule has 0 heterocycles. The molecule has 0 fully saturated rings. The van der Waals surface area contributed by atoms with E-state index in [0.717, 1.165) is 24.3 Å². The molecule has 2 rings (SSSR count). The van der Waals surface area contributed by atoms with Crippen molar-refractivity contribution >= 4 is 40.8 Å². The molecule has 2 N–H and O–H groups in total. The van der Waals surface area contributed by atoms with Crippen molar-refractivity contribution in [2.75, 3.05) is 18.5 Å². The molecule has 2 aromatic carbocycles. The Hall–Kier alpha value is -3.67. The molecule has 0 bridgehead atoms. The standard InChI is InChI=1S/C18H13ClF3N3O6/c19-13-5-4-10(6-14(13)25(29)30)17(28)23-8-16(27)31-9-15(26)24-12-3-1-2-11(7-12)18(20,21)22/h1-7H,8-9H2,(H,23,28)(H,24,26). The van der Waals surface area contributed by atoms with Gasteiger partial charge in [-0.1, -0.05) is 17.7 Å². The Bertz CT molecular complexity index is 1030. The van der Waals surface area contributed by atoms with Crippen molar-refractivity contribution in [3.63, 3.8) is 0 Å². The summed E-state index contributed by atoms with van der Waals surface area (Å²) in [5.41, 5.74) is -1.74. The Kier molecular flexibility index (Phi) is 7.53. The highest BCUT2D eigenvalue weighted by atomic mass is 35.5. The van der Waals surface area contributed by atoms with Gasteiger partial charge in [0.05, 0.1) is 10.5 Å². The van der Waals surface area contributed by atoms with Crippen LogP contribution in [0.2, 0.25) is 5.02 Å². The zero-order valence-corrected chi connectivity index (χ0v) is 16.1. The first-order chi connectivity index (χ1) is 14.5. The third kappa shape index (κ3) is 6.96. The second-order valence-electron chi connectivity index (χ2n) is 5.89. The number of benzene rings is 2. The maximum atomic E-state index is 12.7. The molecule has 0 aromatic heterocycles. The van der Waals surface area contributed by atoms with E-state index >= 15 is 0 Å².